The maximum absolute atomic E-state index is 13.3. The normalized spacial score (nSPS) is 56.0. The lowest BCUT2D eigenvalue weighted by molar-refractivity contribution is -0.181. The SMILES string of the molecule is CC1CC(C)C2C3CC(CC3C(=O)OC3(C(C)C)CC4CCC3C4)C12. The highest BCUT2D eigenvalue weighted by Gasteiger charge is 2.62. The molecule has 0 aromatic rings. The number of esters is 1. The average Bonchev–Trinajstić information content (AvgIpc) is 3.33. The summed E-state index contributed by atoms with van der Waals surface area (Å²) in [6, 6.07) is 0. The molecule has 0 N–H and O–H groups in total. The Morgan fingerprint density at radius 1 is 1.00 bits per heavy atom. The van der Waals surface area contributed by atoms with Gasteiger partial charge in [-0.1, -0.05) is 27.7 Å². The molecule has 0 radical (unpaired) electrons. The molecule has 140 valence electrons. The molecule has 0 spiro atoms. The predicted molar refractivity (Wildman–Crippen MR) is 98.7 cm³/mol. The summed E-state index contributed by atoms with van der Waals surface area (Å²) in [5.41, 5.74) is -0.129. The second-order valence-electron chi connectivity index (χ2n) is 11.0. The molecule has 10 unspecified atom stereocenters. The Balaban J connectivity index is 1.34. The topological polar surface area (TPSA) is 26.3 Å². The van der Waals surface area contributed by atoms with Crippen LogP contribution >= 0.6 is 0 Å². The average molecular weight is 345 g/mol. The fourth-order valence-electron chi connectivity index (χ4n) is 8.80. The maximum atomic E-state index is 13.3. The Labute approximate surface area is 153 Å². The summed E-state index contributed by atoms with van der Waals surface area (Å²) in [6.07, 6.45) is 8.91. The molecule has 5 fully saturated rings. The van der Waals surface area contributed by atoms with Gasteiger partial charge in [-0.05, 0) is 98.2 Å². The van der Waals surface area contributed by atoms with Gasteiger partial charge in [0.05, 0.1) is 5.92 Å². The minimum atomic E-state index is -0.129. The van der Waals surface area contributed by atoms with Crippen LogP contribution in [0.2, 0.25) is 0 Å². The Kier molecular flexibility index (Phi) is 3.65. The first-order valence-electron chi connectivity index (χ1n) is 11.1. The summed E-state index contributed by atoms with van der Waals surface area (Å²) in [4.78, 5) is 13.3. The van der Waals surface area contributed by atoms with E-state index in [1.807, 2.05) is 0 Å². The summed E-state index contributed by atoms with van der Waals surface area (Å²) in [7, 11) is 0. The fraction of sp³-hybridized carbons (Fsp3) is 0.957. The van der Waals surface area contributed by atoms with E-state index in [0.29, 0.717) is 17.8 Å². The standard InChI is InChI=1S/C23H36O2/c1-12(2)23(11-15-5-6-17(23)8-15)25-22(24)19-10-16-9-18(19)21-14(4)7-13(3)20(16)21/h12-21H,5-11H2,1-4H3. The van der Waals surface area contributed by atoms with Gasteiger partial charge in [-0.2, -0.15) is 0 Å². The van der Waals surface area contributed by atoms with E-state index in [-0.39, 0.29) is 17.5 Å². The third-order valence-corrected chi connectivity index (χ3v) is 9.60. The maximum Gasteiger partial charge on any atom is 0.309 e. The van der Waals surface area contributed by atoms with Crippen LogP contribution in [0.3, 0.4) is 0 Å². The number of carbonyl (C=O) groups is 1. The molecule has 0 aliphatic heterocycles. The zero-order valence-electron chi connectivity index (χ0n) is 16.5. The van der Waals surface area contributed by atoms with E-state index >= 15 is 0 Å². The molecule has 25 heavy (non-hydrogen) atoms. The van der Waals surface area contributed by atoms with Crippen molar-refractivity contribution in [3.05, 3.63) is 0 Å². The van der Waals surface area contributed by atoms with Gasteiger partial charge in [-0.15, -0.1) is 0 Å². The Hall–Kier alpha value is -0.530. The third-order valence-electron chi connectivity index (χ3n) is 9.60. The van der Waals surface area contributed by atoms with Crippen LogP contribution in [0.4, 0.5) is 0 Å². The molecule has 10 atom stereocenters. The second kappa shape index (κ2) is 5.49. The molecular formula is C23H36O2. The van der Waals surface area contributed by atoms with Crippen LogP contribution in [-0.4, -0.2) is 11.6 Å². The van der Waals surface area contributed by atoms with Crippen molar-refractivity contribution in [3.63, 3.8) is 0 Å². The van der Waals surface area contributed by atoms with E-state index in [1.165, 1.54) is 32.1 Å². The minimum absolute atomic E-state index is 0.129. The van der Waals surface area contributed by atoms with Crippen LogP contribution in [0.25, 0.3) is 0 Å². The van der Waals surface area contributed by atoms with E-state index in [2.05, 4.69) is 27.7 Å². The van der Waals surface area contributed by atoms with Crippen molar-refractivity contribution < 1.29 is 9.53 Å². The second-order valence-corrected chi connectivity index (χ2v) is 11.0. The fourth-order valence-corrected chi connectivity index (χ4v) is 8.80. The highest BCUT2D eigenvalue weighted by atomic mass is 16.6. The van der Waals surface area contributed by atoms with Gasteiger partial charge in [0.1, 0.15) is 5.60 Å². The number of hydrogen-bond acceptors (Lipinski definition) is 2. The highest BCUT2D eigenvalue weighted by Crippen LogP contribution is 2.65. The number of hydrogen-bond donors (Lipinski definition) is 0. The molecule has 5 aliphatic carbocycles. The van der Waals surface area contributed by atoms with Crippen molar-refractivity contribution in [1.82, 2.24) is 0 Å². The van der Waals surface area contributed by atoms with Crippen LogP contribution in [0.5, 0.6) is 0 Å². The van der Waals surface area contributed by atoms with Gasteiger partial charge in [0.15, 0.2) is 0 Å². The van der Waals surface area contributed by atoms with E-state index in [0.717, 1.165) is 48.3 Å². The molecular weight excluding hydrogens is 308 g/mol. The molecule has 0 aromatic heterocycles. The lowest BCUT2D eigenvalue weighted by Crippen LogP contribution is -2.47. The molecule has 5 aliphatic rings. The Bertz CT molecular complexity index is 568. The van der Waals surface area contributed by atoms with Crippen molar-refractivity contribution in [2.24, 2.45) is 59.2 Å². The first-order chi connectivity index (χ1) is 11.9. The van der Waals surface area contributed by atoms with Gasteiger partial charge in [-0.3, -0.25) is 4.79 Å². The van der Waals surface area contributed by atoms with Gasteiger partial charge in [-0.25, -0.2) is 0 Å². The van der Waals surface area contributed by atoms with E-state index in [9.17, 15) is 4.79 Å². The predicted octanol–water partition coefficient (Wildman–Crippen LogP) is 5.31. The van der Waals surface area contributed by atoms with Crippen molar-refractivity contribution in [2.45, 2.75) is 78.2 Å². The first kappa shape index (κ1) is 16.6. The molecule has 5 rings (SSSR count). The monoisotopic (exact) mass is 344 g/mol. The smallest absolute Gasteiger partial charge is 0.309 e. The number of fused-ring (bicyclic) bond motifs is 7. The third kappa shape index (κ3) is 2.18. The summed E-state index contributed by atoms with van der Waals surface area (Å²) in [5, 5.41) is 0. The molecule has 0 amide bonds. The van der Waals surface area contributed by atoms with Crippen LogP contribution < -0.4 is 0 Å². The quantitative estimate of drug-likeness (QED) is 0.649. The van der Waals surface area contributed by atoms with Gasteiger partial charge < -0.3 is 4.74 Å². The van der Waals surface area contributed by atoms with Crippen molar-refractivity contribution >= 4 is 5.97 Å². The van der Waals surface area contributed by atoms with Crippen molar-refractivity contribution in [3.8, 4) is 0 Å². The lowest BCUT2D eigenvalue weighted by Gasteiger charge is -2.42. The minimum Gasteiger partial charge on any atom is -0.458 e. The molecule has 0 heterocycles. The van der Waals surface area contributed by atoms with Crippen LogP contribution in [0, 0.1) is 59.2 Å². The van der Waals surface area contributed by atoms with Gasteiger partial charge in [0.2, 0.25) is 0 Å². The zero-order chi connectivity index (χ0) is 17.5. The van der Waals surface area contributed by atoms with E-state index in [1.54, 1.807) is 0 Å². The Morgan fingerprint density at radius 3 is 2.40 bits per heavy atom. The zero-order valence-corrected chi connectivity index (χ0v) is 16.5. The summed E-state index contributed by atoms with van der Waals surface area (Å²) in [5.74, 6) is 7.17. The molecule has 0 aromatic carbocycles. The first-order valence-corrected chi connectivity index (χ1v) is 11.1. The van der Waals surface area contributed by atoms with Crippen LogP contribution in [-0.2, 0) is 9.53 Å². The molecule has 0 saturated heterocycles. The van der Waals surface area contributed by atoms with Crippen molar-refractivity contribution in [1.29, 1.82) is 0 Å². The molecule has 2 heteroatoms. The van der Waals surface area contributed by atoms with Gasteiger partial charge >= 0.3 is 5.97 Å². The summed E-state index contributed by atoms with van der Waals surface area (Å²) < 4.78 is 6.50. The number of carbonyl (C=O) groups excluding carboxylic acids is 1. The molecule has 5 saturated carbocycles. The summed E-state index contributed by atoms with van der Waals surface area (Å²) >= 11 is 0. The van der Waals surface area contributed by atoms with Crippen molar-refractivity contribution in [2.75, 3.05) is 0 Å². The Morgan fingerprint density at radius 2 is 1.76 bits per heavy atom. The number of ether oxygens (including phenoxy) is 1. The molecule has 4 bridgehead atoms. The van der Waals surface area contributed by atoms with Crippen LogP contribution in [0.15, 0.2) is 0 Å². The van der Waals surface area contributed by atoms with Crippen LogP contribution in [0.1, 0.15) is 72.6 Å². The number of rotatable bonds is 3. The van der Waals surface area contributed by atoms with E-state index < -0.39 is 0 Å². The van der Waals surface area contributed by atoms with Gasteiger partial charge in [0.25, 0.3) is 0 Å². The lowest BCUT2D eigenvalue weighted by atomic mass is 9.71. The van der Waals surface area contributed by atoms with Gasteiger partial charge in [0, 0.05) is 0 Å². The van der Waals surface area contributed by atoms with E-state index in [4.69, 9.17) is 4.74 Å². The molecule has 2 nitrogen and oxygen atoms in total. The summed E-state index contributed by atoms with van der Waals surface area (Å²) in [6.45, 7) is 9.46. The largest absolute Gasteiger partial charge is 0.458 e. The highest BCUT2D eigenvalue weighted by molar-refractivity contribution is 5.74.